The molecule has 2 aliphatic heterocycles. The molecule has 2 aromatic carbocycles. The predicted molar refractivity (Wildman–Crippen MR) is 141 cm³/mol. The lowest BCUT2D eigenvalue weighted by molar-refractivity contribution is -0.133. The van der Waals surface area contributed by atoms with Crippen LogP contribution >= 0.6 is 0 Å². The first kappa shape index (κ1) is 28.7. The number of piperidine rings is 1. The number of hydrogen-bond acceptors (Lipinski definition) is 5. The number of carbonyl (C=O) groups is 3. The van der Waals surface area contributed by atoms with Crippen molar-refractivity contribution in [3.05, 3.63) is 82.6 Å². The van der Waals surface area contributed by atoms with Crippen LogP contribution in [0.2, 0.25) is 0 Å². The van der Waals surface area contributed by atoms with Gasteiger partial charge in [0, 0.05) is 18.1 Å². The lowest BCUT2D eigenvalue weighted by atomic mass is 9.74. The lowest BCUT2D eigenvalue weighted by Crippen LogP contribution is -2.55. The number of nitrogens with zero attached hydrogens (tertiary/aromatic N) is 3. The topological polar surface area (TPSA) is 126 Å². The summed E-state index contributed by atoms with van der Waals surface area (Å²) in [7, 11) is 0. The summed E-state index contributed by atoms with van der Waals surface area (Å²) in [5, 5.41) is 23.0. The lowest BCUT2D eigenvalue weighted by Gasteiger charge is -2.37. The van der Waals surface area contributed by atoms with Crippen molar-refractivity contribution in [2.24, 2.45) is 0 Å². The average molecular weight is 552 g/mol. The minimum Gasteiger partial charge on any atom is -0.478 e. The van der Waals surface area contributed by atoms with Gasteiger partial charge in [0.25, 0.3) is 0 Å². The van der Waals surface area contributed by atoms with Gasteiger partial charge >= 0.3 is 12.0 Å². The number of hydrazine groups is 1. The first-order chi connectivity index (χ1) is 19.2. The van der Waals surface area contributed by atoms with Gasteiger partial charge < -0.3 is 15.3 Å². The zero-order valence-electron chi connectivity index (χ0n) is 22.1. The Hall–Kier alpha value is -4.30. The highest BCUT2D eigenvalue weighted by Gasteiger charge is 2.39. The Morgan fingerprint density at radius 1 is 1.18 bits per heavy atom. The zero-order valence-corrected chi connectivity index (χ0v) is 22.1. The highest BCUT2D eigenvalue weighted by atomic mass is 19.1. The second-order valence-corrected chi connectivity index (χ2v) is 9.94. The van der Waals surface area contributed by atoms with Crippen LogP contribution < -0.4 is 10.7 Å². The number of nitrogens with one attached hydrogen (secondary N) is 2. The molecule has 1 atom stereocenters. The maximum Gasteiger partial charge on any atom is 0.341 e. The van der Waals surface area contributed by atoms with Crippen molar-refractivity contribution >= 4 is 17.9 Å². The molecule has 3 N–H and O–H groups in total. The molecule has 1 unspecified atom stereocenters. The van der Waals surface area contributed by atoms with Gasteiger partial charge in [-0.15, -0.1) is 0 Å². The Kier molecular flexibility index (Phi) is 8.80. The van der Waals surface area contributed by atoms with Crippen molar-refractivity contribution < 1.29 is 28.3 Å². The minimum atomic E-state index is -1.40. The van der Waals surface area contributed by atoms with E-state index in [9.17, 15) is 33.5 Å². The van der Waals surface area contributed by atoms with Crippen LogP contribution in [0.4, 0.5) is 13.6 Å². The van der Waals surface area contributed by atoms with Gasteiger partial charge in [0.1, 0.15) is 11.6 Å². The van der Waals surface area contributed by atoms with Crippen molar-refractivity contribution in [2.75, 3.05) is 19.6 Å². The van der Waals surface area contributed by atoms with Crippen LogP contribution in [0.15, 0.2) is 59.8 Å². The molecule has 210 valence electrons. The molecule has 0 aromatic heterocycles. The molecule has 1 fully saturated rings. The third kappa shape index (κ3) is 5.97. The van der Waals surface area contributed by atoms with Gasteiger partial charge in [0.2, 0.25) is 5.91 Å². The van der Waals surface area contributed by atoms with Crippen LogP contribution in [-0.2, 0) is 15.0 Å². The van der Waals surface area contributed by atoms with E-state index in [1.54, 1.807) is 6.92 Å². The number of rotatable bonds is 9. The van der Waals surface area contributed by atoms with Gasteiger partial charge in [0.15, 0.2) is 0 Å². The molecule has 0 radical (unpaired) electrons. The summed E-state index contributed by atoms with van der Waals surface area (Å²) in [6.45, 7) is 3.66. The molecule has 11 heteroatoms. The van der Waals surface area contributed by atoms with E-state index in [0.717, 1.165) is 22.7 Å². The Morgan fingerprint density at radius 2 is 1.88 bits per heavy atom. The first-order valence-corrected chi connectivity index (χ1v) is 13.2. The van der Waals surface area contributed by atoms with Crippen LogP contribution in [-0.4, -0.2) is 52.6 Å². The maximum absolute atomic E-state index is 14.5. The van der Waals surface area contributed by atoms with E-state index in [1.807, 2.05) is 30.3 Å². The van der Waals surface area contributed by atoms with Crippen molar-refractivity contribution in [2.45, 2.75) is 50.5 Å². The van der Waals surface area contributed by atoms with Crippen LogP contribution in [0.3, 0.4) is 0 Å². The number of benzene rings is 2. The minimum absolute atomic E-state index is 0.00288. The standard InChI is InChI=1S/C29H31F2N5O4/c1-2-23-25(27(38)39)26(21-11-10-20(30)17-22(21)31)33-28(40)36(23)34-24(37)9-6-14-35-15-12-29(18-32,13-16-35)19-7-4-3-5-8-19/h3-5,7-8,10-11,17,26H,2,6,9,12-16H2,1H3,(H,33,40)(H,34,37)(H,38,39). The molecule has 0 saturated carbocycles. The van der Waals surface area contributed by atoms with Crippen molar-refractivity contribution in [3.8, 4) is 6.07 Å². The molecule has 2 heterocycles. The molecule has 1 saturated heterocycles. The van der Waals surface area contributed by atoms with E-state index >= 15 is 0 Å². The number of carbonyl (C=O) groups excluding carboxylic acids is 2. The second-order valence-electron chi connectivity index (χ2n) is 9.94. The van der Waals surface area contributed by atoms with E-state index in [4.69, 9.17) is 0 Å². The number of urea groups is 1. The number of carboxylic acid groups (broad SMARTS) is 1. The van der Waals surface area contributed by atoms with Gasteiger partial charge in [-0.3, -0.25) is 10.2 Å². The summed E-state index contributed by atoms with van der Waals surface area (Å²) < 4.78 is 27.9. The van der Waals surface area contributed by atoms with Crippen LogP contribution in [0.1, 0.15) is 56.2 Å². The predicted octanol–water partition coefficient (Wildman–Crippen LogP) is 4.15. The number of halogens is 2. The van der Waals surface area contributed by atoms with Crippen LogP contribution in [0.25, 0.3) is 0 Å². The number of amides is 3. The smallest absolute Gasteiger partial charge is 0.341 e. The summed E-state index contributed by atoms with van der Waals surface area (Å²) in [5.74, 6) is -3.71. The van der Waals surface area contributed by atoms with E-state index < -0.39 is 41.0 Å². The summed E-state index contributed by atoms with van der Waals surface area (Å²) in [5.41, 5.74) is 2.46. The molecule has 0 bridgehead atoms. The number of allylic oxidation sites excluding steroid dienone is 1. The Labute approximate surface area is 231 Å². The summed E-state index contributed by atoms with van der Waals surface area (Å²) in [6.07, 6.45) is 2.01. The molecule has 2 aromatic rings. The molecule has 2 aliphatic rings. The van der Waals surface area contributed by atoms with Crippen LogP contribution in [0, 0.1) is 23.0 Å². The van der Waals surface area contributed by atoms with Gasteiger partial charge in [-0.1, -0.05) is 43.3 Å². The quantitative estimate of drug-likeness (QED) is 0.430. The van der Waals surface area contributed by atoms with Gasteiger partial charge in [-0.05, 0) is 56.9 Å². The number of aliphatic carboxylic acids is 1. The molecule has 40 heavy (non-hydrogen) atoms. The molecule has 9 nitrogen and oxygen atoms in total. The van der Waals surface area contributed by atoms with Crippen molar-refractivity contribution in [3.63, 3.8) is 0 Å². The monoisotopic (exact) mass is 551 g/mol. The second kappa shape index (κ2) is 12.3. The Balaban J connectivity index is 1.37. The van der Waals surface area contributed by atoms with Crippen molar-refractivity contribution in [1.29, 1.82) is 5.26 Å². The Morgan fingerprint density at radius 3 is 2.48 bits per heavy atom. The molecule has 0 spiro atoms. The summed E-state index contributed by atoms with van der Waals surface area (Å²) in [4.78, 5) is 40.0. The fraction of sp³-hybridized carbons (Fsp3) is 0.379. The highest BCUT2D eigenvalue weighted by molar-refractivity contribution is 5.94. The largest absolute Gasteiger partial charge is 0.478 e. The molecule has 4 rings (SSSR count). The summed E-state index contributed by atoms with van der Waals surface area (Å²) >= 11 is 0. The Bertz CT molecular complexity index is 1350. The fourth-order valence-corrected chi connectivity index (χ4v) is 5.38. The zero-order chi connectivity index (χ0) is 28.9. The van der Waals surface area contributed by atoms with E-state index in [2.05, 4.69) is 21.7 Å². The van der Waals surface area contributed by atoms with Crippen molar-refractivity contribution in [1.82, 2.24) is 20.7 Å². The third-order valence-electron chi connectivity index (χ3n) is 7.54. The average Bonchev–Trinajstić information content (AvgIpc) is 2.94. The molecule has 3 amide bonds. The van der Waals surface area contributed by atoms with E-state index in [1.165, 1.54) is 0 Å². The number of carboxylic acids is 1. The van der Waals surface area contributed by atoms with E-state index in [-0.39, 0.29) is 29.7 Å². The number of hydrogen-bond donors (Lipinski definition) is 3. The third-order valence-corrected chi connectivity index (χ3v) is 7.54. The fourth-order valence-electron chi connectivity index (χ4n) is 5.38. The number of nitriles is 1. The van der Waals surface area contributed by atoms with Gasteiger partial charge in [-0.25, -0.2) is 23.4 Å². The highest BCUT2D eigenvalue weighted by Crippen LogP contribution is 2.35. The normalized spacial score (nSPS) is 19.1. The molecular formula is C29H31F2N5O4. The SMILES string of the molecule is CCC1=C(C(=O)O)C(c2ccc(F)cc2F)NC(=O)N1NC(=O)CCCN1CCC(C#N)(c2ccccc2)CC1. The van der Waals surface area contributed by atoms with Crippen LogP contribution in [0.5, 0.6) is 0 Å². The molecular weight excluding hydrogens is 520 g/mol. The maximum atomic E-state index is 14.5. The van der Waals surface area contributed by atoms with Gasteiger partial charge in [0.05, 0.1) is 28.8 Å². The van der Waals surface area contributed by atoms with E-state index in [0.29, 0.717) is 45.0 Å². The number of likely N-dealkylation sites (tertiary alicyclic amines) is 1. The molecule has 0 aliphatic carbocycles. The first-order valence-electron chi connectivity index (χ1n) is 13.2. The van der Waals surface area contributed by atoms with Gasteiger partial charge in [-0.2, -0.15) is 5.26 Å². The summed E-state index contributed by atoms with van der Waals surface area (Å²) in [6, 6.07) is 12.7.